The predicted octanol–water partition coefficient (Wildman–Crippen LogP) is 0.911. The molecule has 0 fully saturated rings. The molecule has 0 saturated carbocycles. The minimum absolute atomic E-state index is 0. The molecule has 45 valence electrons. The Bertz CT molecular complexity index is 14.4. The van der Waals surface area contributed by atoms with Crippen LogP contribution in [0.2, 0.25) is 0 Å². The van der Waals surface area contributed by atoms with Crippen LogP contribution < -0.4 is 0 Å². The Balaban J connectivity index is -0.0000000183. The van der Waals surface area contributed by atoms with E-state index < -0.39 is 0 Å². The smallest absolute Gasteiger partial charge is 0.316 e. The Morgan fingerprint density at radius 3 is 1.50 bits per heavy atom. The van der Waals surface area contributed by atoms with E-state index in [0.29, 0.717) is 0 Å². The van der Waals surface area contributed by atoms with Gasteiger partial charge in [0.05, 0.1) is 0 Å². The predicted molar refractivity (Wildman–Crippen MR) is 47.7 cm³/mol. The maximum Gasteiger partial charge on any atom is 0.316 e. The van der Waals surface area contributed by atoms with Gasteiger partial charge in [-0.05, 0) is 0 Å². The van der Waals surface area contributed by atoms with Crippen LogP contribution in [0.4, 0.5) is 0 Å². The summed E-state index contributed by atoms with van der Waals surface area (Å²) in [5.74, 6) is 0. The van der Waals surface area contributed by atoms with Crippen LogP contribution in [0.15, 0.2) is 0 Å². The number of alkyl halides is 1. The number of unbranched alkanes of at least 4 members (excludes halogenated alkanes) is 1. The first kappa shape index (κ1) is 22.4. The fourth-order valence-electron chi connectivity index (χ4n) is 0. The number of hydrogen-bond donors (Lipinski definition) is 0. The van der Waals surface area contributed by atoms with Crippen LogP contribution in [-0.4, -0.2) is 80.8 Å². The first-order chi connectivity index (χ1) is 2.91. The molecule has 0 aromatic rings. The van der Waals surface area contributed by atoms with E-state index in [4.69, 9.17) is 0 Å². The van der Waals surface area contributed by atoms with Crippen LogP contribution in [-0.2, 0) is 0 Å². The van der Waals surface area contributed by atoms with Gasteiger partial charge in [-0.25, -0.2) is 0 Å². The summed E-state index contributed by atoms with van der Waals surface area (Å²) in [4.78, 5) is 0. The van der Waals surface area contributed by atoms with Gasteiger partial charge in [-0.3, -0.25) is 0 Å². The van der Waals surface area contributed by atoms with Gasteiger partial charge in [0.25, 0.3) is 0 Å². The number of hydrogen-bond acceptors (Lipinski definition) is 0. The molecule has 0 atom stereocenters. The maximum absolute atomic E-state index is 4.64. The van der Waals surface area contributed by atoms with E-state index in [2.05, 4.69) is 25.4 Å². The molecule has 0 bridgehead atoms. The summed E-state index contributed by atoms with van der Waals surface area (Å²) >= 11 is 4.64. The molecule has 0 aromatic carbocycles. The van der Waals surface area contributed by atoms with Gasteiger partial charge in [0.1, 0.15) is 0 Å². The zero-order valence-corrected chi connectivity index (χ0v) is 5.26. The van der Waals surface area contributed by atoms with E-state index in [1.165, 1.54) is 12.8 Å². The van der Waals surface area contributed by atoms with E-state index in [1.54, 1.807) is 0 Å². The number of halogens is 1. The first-order valence-corrected chi connectivity index (χ1v) is 2.84. The molecule has 0 aliphatic rings. The van der Waals surface area contributed by atoms with Gasteiger partial charge in [0.2, 0.25) is 0 Å². The summed E-state index contributed by atoms with van der Waals surface area (Å²) in [6.45, 7) is 5.72. The molecule has 0 aliphatic carbocycles. The molecule has 0 aliphatic heterocycles. The normalized spacial score (nSPS) is 4.50. The summed E-state index contributed by atoms with van der Waals surface area (Å²) in [5, 5.41) is 0. The second-order valence-corrected chi connectivity index (χ2v) is 0.854. The quantitative estimate of drug-likeness (QED) is 0.409. The van der Waals surface area contributed by atoms with Crippen molar-refractivity contribution < 1.29 is 0 Å². The topological polar surface area (TPSA) is 0 Å². The maximum atomic E-state index is 4.64. The minimum Gasteiger partial charge on any atom is 0.316 e. The van der Waals surface area contributed by atoms with Gasteiger partial charge in [0, 0.05) is 6.38 Å². The summed E-state index contributed by atoms with van der Waals surface area (Å²) in [5.41, 5.74) is 0. The molecule has 0 amide bonds. The molecule has 0 aromatic heterocycles. The molecule has 3 heteroatoms. The Kier molecular flexibility index (Phi) is 93.2. The van der Waals surface area contributed by atoms with Crippen LogP contribution in [0.25, 0.3) is 0 Å². The summed E-state index contributed by atoms with van der Waals surface area (Å²) in [6, 6.07) is 0. The molecule has 0 saturated heterocycles. The van der Waals surface area contributed by atoms with Crippen molar-refractivity contribution in [2.75, 3.05) is 6.38 Å². The van der Waals surface area contributed by atoms with E-state index >= 15 is 0 Å². The van der Waals surface area contributed by atoms with Crippen molar-refractivity contribution in [2.45, 2.75) is 19.8 Å². The molecule has 0 spiro atoms. The third-order valence-corrected chi connectivity index (χ3v) is 0.354. The van der Waals surface area contributed by atoms with E-state index in [1.807, 2.05) is 0 Å². The zero-order chi connectivity index (χ0) is 5.41. The van der Waals surface area contributed by atoms with Crippen LogP contribution >= 0.6 is 11.6 Å². The van der Waals surface area contributed by atoms with Gasteiger partial charge in [0.15, 0.2) is 0 Å². The molecule has 1 radical (unpaired) electrons. The Hall–Kier alpha value is 2.69. The molecular weight excluding hydrogens is 159 g/mol. The first-order valence-electron chi connectivity index (χ1n) is 2.09. The van der Waals surface area contributed by atoms with Gasteiger partial charge in [-0.15, -0.1) is 11.6 Å². The van der Waals surface area contributed by atoms with Crippen molar-refractivity contribution >= 4 is 86.0 Å². The van der Waals surface area contributed by atoms with Gasteiger partial charge in [-0.1, -0.05) is 26.7 Å². The van der Waals surface area contributed by atoms with Gasteiger partial charge in [-0.2, -0.15) is 0 Å². The molecular formula is C5H15ClKMg. The fraction of sp³-hybridized carbons (Fsp3) is 0.800. The Morgan fingerprint density at radius 2 is 1.50 bits per heavy atom. The SMILES string of the molecule is CCl.[CH2]CCC.[KH].[MgH2]. The van der Waals surface area contributed by atoms with Crippen molar-refractivity contribution in [2.24, 2.45) is 0 Å². The van der Waals surface area contributed by atoms with E-state index in [0.717, 1.165) is 6.42 Å². The molecule has 0 nitrogen and oxygen atoms in total. The van der Waals surface area contributed by atoms with Crippen LogP contribution in [0.3, 0.4) is 0 Å². The minimum atomic E-state index is 0. The second-order valence-electron chi connectivity index (χ2n) is 0.854. The standard InChI is InChI=1S/C4H9.CH3Cl.K.Mg.3H/c1-3-4-2;1-2;;;;;/h1,3-4H2,2H3;1H3;;;;;. The molecule has 8 heavy (non-hydrogen) atoms. The Labute approximate surface area is 117 Å². The summed E-state index contributed by atoms with van der Waals surface area (Å²) in [7, 11) is 0. The average Bonchev–Trinajstić information content (AvgIpc) is 1.72. The molecule has 0 rings (SSSR count). The van der Waals surface area contributed by atoms with Crippen LogP contribution in [0, 0.1) is 6.92 Å². The largest absolute Gasteiger partial charge is 0.316 e. The number of rotatable bonds is 1. The van der Waals surface area contributed by atoms with Crippen molar-refractivity contribution in [1.82, 2.24) is 0 Å². The molecule has 0 heterocycles. The van der Waals surface area contributed by atoms with Gasteiger partial charge < -0.3 is 0 Å². The van der Waals surface area contributed by atoms with Crippen molar-refractivity contribution in [3.05, 3.63) is 6.92 Å². The van der Waals surface area contributed by atoms with Crippen molar-refractivity contribution in [1.29, 1.82) is 0 Å². The summed E-state index contributed by atoms with van der Waals surface area (Å²) in [6.07, 6.45) is 3.75. The van der Waals surface area contributed by atoms with Crippen molar-refractivity contribution in [3.8, 4) is 0 Å². The average molecular weight is 174 g/mol. The monoisotopic (exact) mass is 173 g/mol. The van der Waals surface area contributed by atoms with Crippen LogP contribution in [0.5, 0.6) is 0 Å². The third-order valence-electron chi connectivity index (χ3n) is 0.354. The third kappa shape index (κ3) is 37.7. The second kappa shape index (κ2) is 33.3. The van der Waals surface area contributed by atoms with Crippen molar-refractivity contribution in [3.63, 3.8) is 0 Å². The summed E-state index contributed by atoms with van der Waals surface area (Å²) < 4.78 is 0. The van der Waals surface area contributed by atoms with Gasteiger partial charge >= 0.3 is 74.4 Å². The molecule has 0 unspecified atom stereocenters. The zero-order valence-electron chi connectivity index (χ0n) is 4.50. The van der Waals surface area contributed by atoms with E-state index in [9.17, 15) is 0 Å². The Morgan fingerprint density at radius 1 is 1.38 bits per heavy atom. The van der Waals surface area contributed by atoms with Crippen LogP contribution in [0.1, 0.15) is 19.8 Å². The van der Waals surface area contributed by atoms with E-state index in [-0.39, 0.29) is 74.4 Å². The fourth-order valence-corrected chi connectivity index (χ4v) is 0. The molecule has 0 N–H and O–H groups in total.